The van der Waals surface area contributed by atoms with E-state index in [2.05, 4.69) is 11.8 Å². The van der Waals surface area contributed by atoms with Gasteiger partial charge in [-0.3, -0.25) is 4.90 Å². The van der Waals surface area contributed by atoms with E-state index in [1.54, 1.807) is 0 Å². The van der Waals surface area contributed by atoms with Gasteiger partial charge >= 0.3 is 0 Å². The average molecular weight is 248 g/mol. The summed E-state index contributed by atoms with van der Waals surface area (Å²) in [4.78, 5) is 2.57. The lowest BCUT2D eigenvalue weighted by molar-refractivity contribution is 0.0291. The Bertz CT molecular complexity index is 175. The summed E-state index contributed by atoms with van der Waals surface area (Å²) in [7, 11) is 1.84. The first-order valence-corrected chi connectivity index (χ1v) is 7.18. The minimum Gasteiger partial charge on any atom is -0.381 e. The molecule has 2 atom stereocenters. The maximum absolute atomic E-state index is 5.89. The van der Waals surface area contributed by atoms with Crippen molar-refractivity contribution in [2.24, 2.45) is 0 Å². The quantitative estimate of drug-likeness (QED) is 0.641. The molecule has 1 saturated carbocycles. The zero-order valence-corrected chi connectivity index (χ0v) is 11.5. The summed E-state index contributed by atoms with van der Waals surface area (Å²) in [6.45, 7) is 4.48. The van der Waals surface area contributed by atoms with Crippen molar-refractivity contribution < 1.29 is 4.74 Å². The lowest BCUT2D eigenvalue weighted by Crippen LogP contribution is -2.42. The molecule has 0 aromatic carbocycles. The van der Waals surface area contributed by atoms with Gasteiger partial charge in [-0.15, -0.1) is 11.6 Å². The molecule has 0 radical (unpaired) electrons. The van der Waals surface area contributed by atoms with Crippen LogP contribution in [0.5, 0.6) is 0 Å². The Hall–Kier alpha value is 0.210. The van der Waals surface area contributed by atoms with Crippen molar-refractivity contribution >= 4 is 11.6 Å². The molecule has 0 saturated heterocycles. The second kappa shape index (κ2) is 8.32. The third-order valence-electron chi connectivity index (χ3n) is 3.62. The van der Waals surface area contributed by atoms with E-state index in [1.165, 1.54) is 45.1 Å². The second-order valence-electron chi connectivity index (χ2n) is 4.76. The molecule has 0 aliphatic heterocycles. The number of ether oxygens (including phenoxy) is 1. The zero-order valence-electron chi connectivity index (χ0n) is 10.8. The van der Waals surface area contributed by atoms with Crippen LogP contribution in [-0.2, 0) is 4.74 Å². The van der Waals surface area contributed by atoms with E-state index in [0.717, 1.165) is 12.4 Å². The molecule has 0 amide bonds. The first-order valence-electron chi connectivity index (χ1n) is 6.64. The molecule has 1 aliphatic rings. The first kappa shape index (κ1) is 14.3. The van der Waals surface area contributed by atoms with E-state index in [0.29, 0.717) is 12.1 Å². The van der Waals surface area contributed by atoms with E-state index in [4.69, 9.17) is 16.3 Å². The Kier molecular flexibility index (Phi) is 7.42. The van der Waals surface area contributed by atoms with Crippen molar-refractivity contribution in [1.29, 1.82) is 0 Å². The highest BCUT2D eigenvalue weighted by molar-refractivity contribution is 6.18. The molecule has 0 aromatic rings. The van der Waals surface area contributed by atoms with Crippen LogP contribution in [0.4, 0.5) is 0 Å². The molecular formula is C13H26ClNO. The number of methoxy groups -OCH3 is 1. The fourth-order valence-electron chi connectivity index (χ4n) is 2.61. The van der Waals surface area contributed by atoms with Gasteiger partial charge < -0.3 is 4.74 Å². The summed E-state index contributed by atoms with van der Waals surface area (Å²) >= 11 is 5.89. The van der Waals surface area contributed by atoms with E-state index in [-0.39, 0.29) is 0 Å². The fourth-order valence-corrected chi connectivity index (χ4v) is 2.83. The monoisotopic (exact) mass is 247 g/mol. The lowest BCUT2D eigenvalue weighted by atomic mass is 9.91. The summed E-state index contributed by atoms with van der Waals surface area (Å²) in [6.07, 6.45) is 8.06. The van der Waals surface area contributed by atoms with E-state index in [9.17, 15) is 0 Å². The molecule has 2 nitrogen and oxygen atoms in total. The molecule has 0 bridgehead atoms. The smallest absolute Gasteiger partial charge is 0.0586 e. The molecule has 2 unspecified atom stereocenters. The molecule has 1 rings (SSSR count). The van der Waals surface area contributed by atoms with Crippen molar-refractivity contribution in [2.75, 3.05) is 26.1 Å². The summed E-state index contributed by atoms with van der Waals surface area (Å²) in [5.41, 5.74) is 0. The van der Waals surface area contributed by atoms with Gasteiger partial charge in [0.25, 0.3) is 0 Å². The van der Waals surface area contributed by atoms with Gasteiger partial charge in [-0.25, -0.2) is 0 Å². The molecule has 96 valence electrons. The van der Waals surface area contributed by atoms with Crippen molar-refractivity contribution in [3.05, 3.63) is 0 Å². The Balaban J connectivity index is 2.41. The largest absolute Gasteiger partial charge is 0.381 e. The second-order valence-corrected chi connectivity index (χ2v) is 5.13. The van der Waals surface area contributed by atoms with Crippen LogP contribution in [0.25, 0.3) is 0 Å². The molecule has 0 spiro atoms. The van der Waals surface area contributed by atoms with Crippen molar-refractivity contribution in [3.8, 4) is 0 Å². The molecule has 1 aliphatic carbocycles. The number of hydrogen-bond acceptors (Lipinski definition) is 2. The third kappa shape index (κ3) is 4.60. The van der Waals surface area contributed by atoms with Gasteiger partial charge in [0.1, 0.15) is 0 Å². The van der Waals surface area contributed by atoms with E-state index in [1.807, 2.05) is 7.11 Å². The predicted octanol–water partition coefficient (Wildman–Crippen LogP) is 3.28. The lowest BCUT2D eigenvalue weighted by Gasteiger charge is -2.36. The van der Waals surface area contributed by atoms with Crippen LogP contribution < -0.4 is 0 Å². The highest BCUT2D eigenvalue weighted by Gasteiger charge is 2.25. The van der Waals surface area contributed by atoms with Crippen LogP contribution >= 0.6 is 11.6 Å². The molecule has 0 heterocycles. The Morgan fingerprint density at radius 3 is 2.75 bits per heavy atom. The summed E-state index contributed by atoms with van der Waals surface area (Å²) in [5, 5.41) is 0. The fraction of sp³-hybridized carbons (Fsp3) is 1.00. The summed E-state index contributed by atoms with van der Waals surface area (Å²) in [5.74, 6) is 0.748. The Morgan fingerprint density at radius 1 is 1.31 bits per heavy atom. The maximum Gasteiger partial charge on any atom is 0.0586 e. The normalized spacial score (nSPS) is 26.2. The standard InChI is InChI=1S/C13H26ClNO/c1-3-4-9-15(10-8-14)12-6-5-7-13(11-12)16-2/h12-13H,3-11H2,1-2H3. The first-order chi connectivity index (χ1) is 7.81. The van der Waals surface area contributed by atoms with Crippen LogP contribution in [0.3, 0.4) is 0 Å². The predicted molar refractivity (Wildman–Crippen MR) is 70.3 cm³/mol. The third-order valence-corrected chi connectivity index (χ3v) is 3.79. The van der Waals surface area contributed by atoms with Crippen LogP contribution in [0, 0.1) is 0 Å². The van der Waals surface area contributed by atoms with E-state index < -0.39 is 0 Å². The van der Waals surface area contributed by atoms with Crippen LogP contribution in [0.1, 0.15) is 45.4 Å². The molecule has 1 fully saturated rings. The van der Waals surface area contributed by atoms with Gasteiger partial charge in [-0.2, -0.15) is 0 Å². The zero-order chi connectivity index (χ0) is 11.8. The Morgan fingerprint density at radius 2 is 2.12 bits per heavy atom. The average Bonchev–Trinajstić information content (AvgIpc) is 2.34. The summed E-state index contributed by atoms with van der Waals surface area (Å²) < 4.78 is 5.49. The topological polar surface area (TPSA) is 12.5 Å². The molecule has 0 N–H and O–H groups in total. The Labute approximate surface area is 105 Å². The van der Waals surface area contributed by atoms with Gasteiger partial charge in [-0.1, -0.05) is 13.3 Å². The van der Waals surface area contributed by atoms with Crippen molar-refractivity contribution in [1.82, 2.24) is 4.90 Å². The highest BCUT2D eigenvalue weighted by atomic mass is 35.5. The number of hydrogen-bond donors (Lipinski definition) is 0. The van der Waals surface area contributed by atoms with Gasteiger partial charge in [0.05, 0.1) is 6.10 Å². The van der Waals surface area contributed by atoms with E-state index >= 15 is 0 Å². The maximum atomic E-state index is 5.89. The van der Waals surface area contributed by atoms with Crippen LogP contribution in [0.15, 0.2) is 0 Å². The number of rotatable bonds is 7. The molecule has 16 heavy (non-hydrogen) atoms. The molecule has 0 aromatic heterocycles. The SMILES string of the molecule is CCCCN(CCCl)C1CCCC(OC)C1. The molecular weight excluding hydrogens is 222 g/mol. The van der Waals surface area contributed by atoms with Gasteiger partial charge in [0.15, 0.2) is 0 Å². The summed E-state index contributed by atoms with van der Waals surface area (Å²) in [6, 6.07) is 0.698. The van der Waals surface area contributed by atoms with Gasteiger partial charge in [-0.05, 0) is 38.6 Å². The number of unbranched alkanes of at least 4 members (excludes halogenated alkanes) is 1. The van der Waals surface area contributed by atoms with Gasteiger partial charge in [0, 0.05) is 25.6 Å². The highest BCUT2D eigenvalue weighted by Crippen LogP contribution is 2.25. The molecule has 3 heteroatoms. The number of nitrogens with zero attached hydrogens (tertiary/aromatic N) is 1. The van der Waals surface area contributed by atoms with Gasteiger partial charge in [0.2, 0.25) is 0 Å². The number of alkyl halides is 1. The minimum atomic E-state index is 0.471. The number of halogens is 1. The van der Waals surface area contributed by atoms with Crippen molar-refractivity contribution in [2.45, 2.75) is 57.6 Å². The van der Waals surface area contributed by atoms with Crippen LogP contribution in [0.2, 0.25) is 0 Å². The van der Waals surface area contributed by atoms with Crippen LogP contribution in [-0.4, -0.2) is 43.1 Å². The minimum absolute atomic E-state index is 0.471. The van der Waals surface area contributed by atoms with Crippen molar-refractivity contribution in [3.63, 3.8) is 0 Å².